The van der Waals surface area contributed by atoms with Gasteiger partial charge in [-0.05, 0) is 57.3 Å². The molecule has 20 heavy (non-hydrogen) atoms. The van der Waals surface area contributed by atoms with Gasteiger partial charge in [-0.25, -0.2) is 0 Å². The van der Waals surface area contributed by atoms with Gasteiger partial charge in [0.05, 0.1) is 0 Å². The zero-order chi connectivity index (χ0) is 14.5. The molecule has 2 atom stereocenters. The summed E-state index contributed by atoms with van der Waals surface area (Å²) < 4.78 is 1.02. The molecule has 1 heterocycles. The molecule has 1 saturated heterocycles. The standard InChI is InChI=1S/C17H24BrNO/c1-13-9-11-19(14(2)12-13)10-3-4-17(20)15-5-7-16(18)8-6-15/h5-8,13-14H,3-4,9-12H2,1-2H3. The first-order valence-corrected chi connectivity index (χ1v) is 8.38. The van der Waals surface area contributed by atoms with Crippen LogP contribution in [0.1, 0.15) is 49.9 Å². The number of halogens is 1. The van der Waals surface area contributed by atoms with Gasteiger partial charge in [-0.2, -0.15) is 0 Å². The minimum absolute atomic E-state index is 0.260. The molecular weight excluding hydrogens is 314 g/mol. The lowest BCUT2D eigenvalue weighted by molar-refractivity contribution is 0.0952. The number of rotatable bonds is 5. The maximum atomic E-state index is 12.1. The Balaban J connectivity index is 1.75. The quantitative estimate of drug-likeness (QED) is 0.735. The molecule has 0 radical (unpaired) electrons. The Morgan fingerprint density at radius 1 is 1.30 bits per heavy atom. The lowest BCUT2D eigenvalue weighted by atomic mass is 9.93. The molecule has 2 nitrogen and oxygen atoms in total. The number of ketones is 1. The second-order valence-corrected chi connectivity index (χ2v) is 6.96. The molecule has 0 N–H and O–H groups in total. The van der Waals surface area contributed by atoms with Crippen LogP contribution in [-0.2, 0) is 0 Å². The molecular formula is C17H24BrNO. The second-order valence-electron chi connectivity index (χ2n) is 6.05. The Morgan fingerprint density at radius 3 is 2.65 bits per heavy atom. The van der Waals surface area contributed by atoms with E-state index >= 15 is 0 Å². The van der Waals surface area contributed by atoms with Gasteiger partial charge in [0.15, 0.2) is 5.78 Å². The highest BCUT2D eigenvalue weighted by molar-refractivity contribution is 9.10. The predicted molar refractivity (Wildman–Crippen MR) is 87.1 cm³/mol. The van der Waals surface area contributed by atoms with E-state index in [0.717, 1.165) is 28.9 Å². The van der Waals surface area contributed by atoms with Gasteiger partial charge in [-0.15, -0.1) is 0 Å². The summed E-state index contributed by atoms with van der Waals surface area (Å²) in [6.45, 7) is 6.89. The highest BCUT2D eigenvalue weighted by Crippen LogP contribution is 2.22. The van der Waals surface area contributed by atoms with Crippen molar-refractivity contribution in [3.8, 4) is 0 Å². The van der Waals surface area contributed by atoms with Crippen molar-refractivity contribution in [3.05, 3.63) is 34.3 Å². The maximum Gasteiger partial charge on any atom is 0.162 e. The van der Waals surface area contributed by atoms with Crippen LogP contribution in [0.4, 0.5) is 0 Å². The molecule has 2 rings (SSSR count). The number of carbonyl (C=O) groups excluding carboxylic acids is 1. The van der Waals surface area contributed by atoms with Crippen molar-refractivity contribution in [2.75, 3.05) is 13.1 Å². The van der Waals surface area contributed by atoms with Gasteiger partial charge in [-0.3, -0.25) is 4.79 Å². The van der Waals surface area contributed by atoms with E-state index in [1.165, 1.54) is 19.4 Å². The molecule has 0 aliphatic carbocycles. The SMILES string of the molecule is CC1CCN(CCCC(=O)c2ccc(Br)cc2)C(C)C1. The van der Waals surface area contributed by atoms with Gasteiger partial charge in [0, 0.05) is 22.5 Å². The fourth-order valence-corrected chi connectivity index (χ4v) is 3.28. The first kappa shape index (κ1) is 15.7. The molecule has 110 valence electrons. The third kappa shape index (κ3) is 4.42. The fourth-order valence-electron chi connectivity index (χ4n) is 3.01. The minimum atomic E-state index is 0.260. The van der Waals surface area contributed by atoms with E-state index in [1.807, 2.05) is 24.3 Å². The molecule has 1 fully saturated rings. The Morgan fingerprint density at radius 2 is 2.00 bits per heavy atom. The molecule has 0 bridgehead atoms. The highest BCUT2D eigenvalue weighted by atomic mass is 79.9. The van der Waals surface area contributed by atoms with Crippen LogP contribution < -0.4 is 0 Å². The number of Topliss-reactive ketones (excluding diaryl/α,β-unsaturated/α-hetero) is 1. The van der Waals surface area contributed by atoms with E-state index < -0.39 is 0 Å². The average molecular weight is 338 g/mol. The first-order valence-electron chi connectivity index (χ1n) is 7.59. The van der Waals surface area contributed by atoms with Gasteiger partial charge < -0.3 is 4.90 Å². The summed E-state index contributed by atoms with van der Waals surface area (Å²) in [5.41, 5.74) is 0.827. The predicted octanol–water partition coefficient (Wildman–Crippen LogP) is 4.53. The molecule has 0 amide bonds. The lowest BCUT2D eigenvalue weighted by Crippen LogP contribution is -2.40. The van der Waals surface area contributed by atoms with Crippen molar-refractivity contribution in [1.82, 2.24) is 4.90 Å². The Bertz CT molecular complexity index is 443. The number of carbonyl (C=O) groups is 1. The van der Waals surface area contributed by atoms with Crippen LogP contribution in [0.3, 0.4) is 0 Å². The van der Waals surface area contributed by atoms with Crippen LogP contribution in [0.25, 0.3) is 0 Å². The van der Waals surface area contributed by atoms with Crippen LogP contribution in [0.2, 0.25) is 0 Å². The summed E-state index contributed by atoms with van der Waals surface area (Å²) in [5.74, 6) is 1.11. The third-order valence-electron chi connectivity index (χ3n) is 4.29. The summed E-state index contributed by atoms with van der Waals surface area (Å²) in [6, 6.07) is 8.33. The number of piperidine rings is 1. The summed E-state index contributed by atoms with van der Waals surface area (Å²) in [7, 11) is 0. The number of benzene rings is 1. The molecule has 0 saturated carbocycles. The highest BCUT2D eigenvalue weighted by Gasteiger charge is 2.22. The van der Waals surface area contributed by atoms with E-state index in [9.17, 15) is 4.79 Å². The monoisotopic (exact) mass is 337 g/mol. The molecule has 3 heteroatoms. The molecule has 1 aromatic carbocycles. The van der Waals surface area contributed by atoms with Crippen molar-refractivity contribution in [2.24, 2.45) is 5.92 Å². The Hall–Kier alpha value is -0.670. The zero-order valence-corrected chi connectivity index (χ0v) is 14.0. The van der Waals surface area contributed by atoms with Crippen molar-refractivity contribution in [1.29, 1.82) is 0 Å². The average Bonchev–Trinajstić information content (AvgIpc) is 2.42. The molecule has 1 aliphatic rings. The minimum Gasteiger partial charge on any atom is -0.301 e. The van der Waals surface area contributed by atoms with E-state index in [1.54, 1.807) is 0 Å². The van der Waals surface area contributed by atoms with Gasteiger partial charge in [0.25, 0.3) is 0 Å². The molecule has 1 aromatic rings. The molecule has 1 aliphatic heterocycles. The van der Waals surface area contributed by atoms with Crippen molar-refractivity contribution in [3.63, 3.8) is 0 Å². The van der Waals surface area contributed by atoms with Crippen LogP contribution in [0.5, 0.6) is 0 Å². The van der Waals surface area contributed by atoms with Crippen LogP contribution >= 0.6 is 15.9 Å². The number of hydrogen-bond donors (Lipinski definition) is 0. The van der Waals surface area contributed by atoms with Gasteiger partial charge >= 0.3 is 0 Å². The maximum absolute atomic E-state index is 12.1. The molecule has 0 spiro atoms. The fraction of sp³-hybridized carbons (Fsp3) is 0.588. The summed E-state index contributed by atoms with van der Waals surface area (Å²) >= 11 is 3.39. The zero-order valence-electron chi connectivity index (χ0n) is 12.4. The largest absolute Gasteiger partial charge is 0.301 e. The first-order chi connectivity index (χ1) is 9.56. The summed E-state index contributed by atoms with van der Waals surface area (Å²) in [4.78, 5) is 14.6. The molecule has 2 unspecified atom stereocenters. The van der Waals surface area contributed by atoms with Crippen LogP contribution in [0.15, 0.2) is 28.7 Å². The summed E-state index contributed by atoms with van der Waals surface area (Å²) in [6.07, 6.45) is 4.21. The second kappa shape index (κ2) is 7.37. The normalized spacial score (nSPS) is 23.8. The van der Waals surface area contributed by atoms with Crippen molar-refractivity contribution in [2.45, 2.75) is 45.6 Å². The van der Waals surface area contributed by atoms with Crippen LogP contribution in [-0.4, -0.2) is 29.8 Å². The molecule has 0 aromatic heterocycles. The number of hydrogen-bond acceptors (Lipinski definition) is 2. The Labute approximate surface area is 130 Å². The van der Waals surface area contributed by atoms with Gasteiger partial charge in [-0.1, -0.05) is 35.0 Å². The third-order valence-corrected chi connectivity index (χ3v) is 4.82. The number of nitrogens with zero attached hydrogens (tertiary/aromatic N) is 1. The van der Waals surface area contributed by atoms with Gasteiger partial charge in [0.2, 0.25) is 0 Å². The van der Waals surface area contributed by atoms with E-state index in [0.29, 0.717) is 12.5 Å². The lowest BCUT2D eigenvalue weighted by Gasteiger charge is -2.36. The summed E-state index contributed by atoms with van der Waals surface area (Å²) in [5, 5.41) is 0. The van der Waals surface area contributed by atoms with E-state index in [-0.39, 0.29) is 5.78 Å². The van der Waals surface area contributed by atoms with Crippen molar-refractivity contribution >= 4 is 21.7 Å². The van der Waals surface area contributed by atoms with Crippen molar-refractivity contribution < 1.29 is 4.79 Å². The smallest absolute Gasteiger partial charge is 0.162 e. The number of likely N-dealkylation sites (tertiary alicyclic amines) is 1. The topological polar surface area (TPSA) is 20.3 Å². The van der Waals surface area contributed by atoms with E-state index in [4.69, 9.17) is 0 Å². The van der Waals surface area contributed by atoms with E-state index in [2.05, 4.69) is 34.7 Å². The Kier molecular flexibility index (Phi) is 5.79. The van der Waals surface area contributed by atoms with Gasteiger partial charge in [0.1, 0.15) is 0 Å². The van der Waals surface area contributed by atoms with Crippen LogP contribution in [0, 0.1) is 5.92 Å².